The van der Waals surface area contributed by atoms with Crippen molar-refractivity contribution in [1.82, 2.24) is 15.1 Å². The molecule has 1 saturated carbocycles. The van der Waals surface area contributed by atoms with Crippen molar-refractivity contribution in [2.45, 2.75) is 64.1 Å². The lowest BCUT2D eigenvalue weighted by atomic mass is 10.1. The summed E-state index contributed by atoms with van der Waals surface area (Å²) in [5.41, 5.74) is 0. The molecule has 0 spiro atoms. The Hall–Kier alpha value is -0.120. The van der Waals surface area contributed by atoms with E-state index >= 15 is 0 Å². The molecule has 0 aromatic carbocycles. The van der Waals surface area contributed by atoms with Gasteiger partial charge in [0.25, 0.3) is 0 Å². The molecular weight excluding hydrogens is 222 g/mol. The molecule has 2 atom stereocenters. The molecule has 2 rings (SSSR count). The first-order chi connectivity index (χ1) is 8.66. The van der Waals surface area contributed by atoms with E-state index in [4.69, 9.17) is 0 Å². The summed E-state index contributed by atoms with van der Waals surface area (Å²) in [6.45, 7) is 9.74. The maximum Gasteiger partial charge on any atom is 0.0195 e. The Balaban J connectivity index is 1.50. The molecule has 2 fully saturated rings. The highest BCUT2D eigenvalue weighted by atomic mass is 15.3. The van der Waals surface area contributed by atoms with E-state index in [1.807, 2.05) is 0 Å². The molecule has 2 unspecified atom stereocenters. The third kappa shape index (κ3) is 4.52. The predicted molar refractivity (Wildman–Crippen MR) is 78.0 cm³/mol. The van der Waals surface area contributed by atoms with Crippen molar-refractivity contribution < 1.29 is 0 Å². The lowest BCUT2D eigenvalue weighted by molar-refractivity contribution is 0.0591. The molecule has 1 N–H and O–H groups in total. The van der Waals surface area contributed by atoms with E-state index in [0.29, 0.717) is 12.1 Å². The van der Waals surface area contributed by atoms with Gasteiger partial charge in [0.2, 0.25) is 0 Å². The summed E-state index contributed by atoms with van der Waals surface area (Å²) in [7, 11) is 2.26. The van der Waals surface area contributed by atoms with E-state index in [2.05, 4.69) is 36.0 Å². The highest BCUT2D eigenvalue weighted by Crippen LogP contribution is 2.18. The van der Waals surface area contributed by atoms with Gasteiger partial charge in [0.1, 0.15) is 0 Å². The van der Waals surface area contributed by atoms with E-state index in [9.17, 15) is 0 Å². The monoisotopic (exact) mass is 253 g/mol. The Morgan fingerprint density at radius 2 is 1.67 bits per heavy atom. The van der Waals surface area contributed by atoms with Crippen LogP contribution in [0.2, 0.25) is 0 Å². The van der Waals surface area contributed by atoms with Gasteiger partial charge < -0.3 is 10.2 Å². The minimum atomic E-state index is 0.713. The van der Waals surface area contributed by atoms with Gasteiger partial charge in [-0.1, -0.05) is 6.42 Å². The van der Waals surface area contributed by atoms with E-state index in [-0.39, 0.29) is 0 Å². The number of unbranched alkanes of at least 4 members (excludes halogenated alkanes) is 2. The van der Waals surface area contributed by atoms with Crippen LogP contribution in [0.1, 0.15) is 46.0 Å². The van der Waals surface area contributed by atoms with E-state index in [0.717, 1.165) is 6.04 Å². The van der Waals surface area contributed by atoms with Gasteiger partial charge in [0.15, 0.2) is 0 Å². The zero-order chi connectivity index (χ0) is 13.0. The summed E-state index contributed by atoms with van der Waals surface area (Å²) >= 11 is 0. The number of nitrogens with one attached hydrogen (secondary N) is 1. The molecule has 0 aromatic heterocycles. The van der Waals surface area contributed by atoms with Gasteiger partial charge in [-0.2, -0.15) is 0 Å². The third-order valence-corrected chi connectivity index (χ3v) is 4.60. The van der Waals surface area contributed by atoms with Crippen LogP contribution < -0.4 is 5.32 Å². The average Bonchev–Trinajstić information content (AvgIpc) is 3.14. The molecule has 1 aliphatic heterocycles. The Morgan fingerprint density at radius 1 is 1.00 bits per heavy atom. The second-order valence-corrected chi connectivity index (χ2v) is 6.41. The third-order valence-electron chi connectivity index (χ3n) is 4.60. The highest BCUT2D eigenvalue weighted by molar-refractivity contribution is 4.82. The SMILES string of the molecule is CC1CN(CCCCCNC2CC2)CC(C)N1C. The summed E-state index contributed by atoms with van der Waals surface area (Å²) in [6, 6.07) is 2.31. The summed E-state index contributed by atoms with van der Waals surface area (Å²) in [4.78, 5) is 5.17. The van der Waals surface area contributed by atoms with Gasteiger partial charge in [0, 0.05) is 31.2 Å². The molecule has 3 heteroatoms. The second-order valence-electron chi connectivity index (χ2n) is 6.41. The minimum Gasteiger partial charge on any atom is -0.314 e. The van der Waals surface area contributed by atoms with Crippen LogP contribution in [0.5, 0.6) is 0 Å². The van der Waals surface area contributed by atoms with Crippen LogP contribution in [-0.4, -0.2) is 61.2 Å². The maximum atomic E-state index is 3.59. The Kier molecular flexibility index (Phi) is 5.46. The van der Waals surface area contributed by atoms with Gasteiger partial charge >= 0.3 is 0 Å². The molecule has 18 heavy (non-hydrogen) atoms. The smallest absolute Gasteiger partial charge is 0.0195 e. The molecule has 0 aromatic rings. The molecule has 0 radical (unpaired) electrons. The molecular formula is C15H31N3. The normalized spacial score (nSPS) is 30.8. The van der Waals surface area contributed by atoms with Crippen molar-refractivity contribution in [2.75, 3.05) is 33.2 Å². The highest BCUT2D eigenvalue weighted by Gasteiger charge is 2.25. The van der Waals surface area contributed by atoms with Gasteiger partial charge in [-0.05, 0) is 59.7 Å². The Morgan fingerprint density at radius 3 is 2.28 bits per heavy atom. The van der Waals surface area contributed by atoms with Crippen LogP contribution in [0, 0.1) is 0 Å². The molecule has 1 saturated heterocycles. The van der Waals surface area contributed by atoms with Crippen LogP contribution >= 0.6 is 0 Å². The van der Waals surface area contributed by atoms with E-state index in [1.54, 1.807) is 0 Å². The summed E-state index contributed by atoms with van der Waals surface area (Å²) in [5, 5.41) is 3.59. The van der Waals surface area contributed by atoms with Crippen LogP contribution in [0.4, 0.5) is 0 Å². The molecule has 106 valence electrons. The molecule has 3 nitrogen and oxygen atoms in total. The number of piperazine rings is 1. The molecule has 1 aliphatic carbocycles. The van der Waals surface area contributed by atoms with Crippen LogP contribution in [0.15, 0.2) is 0 Å². The zero-order valence-corrected chi connectivity index (χ0v) is 12.5. The van der Waals surface area contributed by atoms with Gasteiger partial charge in [-0.15, -0.1) is 0 Å². The fourth-order valence-corrected chi connectivity index (χ4v) is 2.93. The first-order valence-electron chi connectivity index (χ1n) is 7.84. The van der Waals surface area contributed by atoms with Gasteiger partial charge in [-0.3, -0.25) is 4.90 Å². The Bertz CT molecular complexity index is 228. The minimum absolute atomic E-state index is 0.713. The quantitative estimate of drug-likeness (QED) is 0.700. The van der Waals surface area contributed by atoms with E-state index in [1.165, 1.54) is 58.3 Å². The molecule has 2 aliphatic rings. The second kappa shape index (κ2) is 6.88. The first kappa shape index (κ1) is 14.3. The predicted octanol–water partition coefficient (Wildman–Crippen LogP) is 1.93. The summed E-state index contributed by atoms with van der Waals surface area (Å²) in [6.07, 6.45) is 6.94. The zero-order valence-electron chi connectivity index (χ0n) is 12.5. The fourth-order valence-electron chi connectivity index (χ4n) is 2.93. The standard InChI is InChI=1S/C15H31N3/c1-13-11-18(12-14(2)17(13)3)10-6-4-5-9-16-15-7-8-15/h13-16H,4-12H2,1-3H3. The maximum absolute atomic E-state index is 3.59. The number of hydrogen-bond acceptors (Lipinski definition) is 3. The summed E-state index contributed by atoms with van der Waals surface area (Å²) in [5.74, 6) is 0. The van der Waals surface area contributed by atoms with Crippen LogP contribution in [0.25, 0.3) is 0 Å². The van der Waals surface area contributed by atoms with Crippen molar-refractivity contribution in [2.24, 2.45) is 0 Å². The average molecular weight is 253 g/mol. The van der Waals surface area contributed by atoms with Crippen molar-refractivity contribution in [3.63, 3.8) is 0 Å². The number of nitrogens with zero attached hydrogens (tertiary/aromatic N) is 2. The largest absolute Gasteiger partial charge is 0.314 e. The number of hydrogen-bond donors (Lipinski definition) is 1. The lowest BCUT2D eigenvalue weighted by Gasteiger charge is -2.42. The van der Waals surface area contributed by atoms with Gasteiger partial charge in [0.05, 0.1) is 0 Å². The van der Waals surface area contributed by atoms with E-state index < -0.39 is 0 Å². The van der Waals surface area contributed by atoms with Crippen molar-refractivity contribution in [3.05, 3.63) is 0 Å². The van der Waals surface area contributed by atoms with Crippen molar-refractivity contribution >= 4 is 0 Å². The molecule has 1 heterocycles. The fraction of sp³-hybridized carbons (Fsp3) is 1.00. The van der Waals surface area contributed by atoms with Crippen LogP contribution in [0.3, 0.4) is 0 Å². The number of likely N-dealkylation sites (N-methyl/N-ethyl adjacent to an activating group) is 1. The molecule has 0 bridgehead atoms. The topological polar surface area (TPSA) is 18.5 Å². The first-order valence-corrected chi connectivity index (χ1v) is 7.84. The van der Waals surface area contributed by atoms with Crippen LogP contribution in [-0.2, 0) is 0 Å². The molecule has 0 amide bonds. The lowest BCUT2D eigenvalue weighted by Crippen LogP contribution is -2.54. The summed E-state index contributed by atoms with van der Waals surface area (Å²) < 4.78 is 0. The Labute approximate surface area is 113 Å². The van der Waals surface area contributed by atoms with Gasteiger partial charge in [-0.25, -0.2) is 0 Å². The number of rotatable bonds is 7. The van der Waals surface area contributed by atoms with Crippen molar-refractivity contribution in [3.8, 4) is 0 Å². The van der Waals surface area contributed by atoms with Crippen molar-refractivity contribution in [1.29, 1.82) is 0 Å².